The third kappa shape index (κ3) is 3.52. The first-order valence-corrected chi connectivity index (χ1v) is 9.86. The molecule has 4 heterocycles. The van der Waals surface area contributed by atoms with E-state index in [4.69, 9.17) is 0 Å². The lowest BCUT2D eigenvalue weighted by Gasteiger charge is -2.33. The van der Waals surface area contributed by atoms with Crippen molar-refractivity contribution in [2.45, 2.75) is 64.5 Å². The summed E-state index contributed by atoms with van der Waals surface area (Å²) >= 11 is 0. The molecule has 1 saturated heterocycles. The van der Waals surface area contributed by atoms with Gasteiger partial charge >= 0.3 is 5.69 Å². The van der Waals surface area contributed by atoms with E-state index in [2.05, 4.69) is 25.7 Å². The van der Waals surface area contributed by atoms with Crippen molar-refractivity contribution in [3.8, 4) is 0 Å². The van der Waals surface area contributed by atoms with Crippen LogP contribution in [0.15, 0.2) is 4.79 Å². The van der Waals surface area contributed by atoms with E-state index < -0.39 is 0 Å². The third-order valence-corrected chi connectivity index (χ3v) is 5.83. The van der Waals surface area contributed by atoms with Gasteiger partial charge in [-0.15, -0.1) is 5.10 Å². The van der Waals surface area contributed by atoms with Crippen molar-refractivity contribution in [2.24, 2.45) is 5.92 Å². The molecule has 1 amide bonds. The van der Waals surface area contributed by atoms with E-state index in [9.17, 15) is 9.59 Å². The number of aromatic nitrogens is 7. The van der Waals surface area contributed by atoms with Gasteiger partial charge in [0.15, 0.2) is 5.82 Å². The molecule has 2 aromatic rings. The predicted octanol–water partition coefficient (Wildman–Crippen LogP) is 0.327. The number of rotatable bonds is 4. The zero-order valence-electron chi connectivity index (χ0n) is 15.7. The molecular formula is C17H26N8O2. The SMILES string of the molecule is CCn1c(CC2CCN(C(=O)[C@@H]3CCCCn4nnnc43)CC2)n[nH]c1=O. The Hall–Kier alpha value is -2.52. The molecule has 2 aromatic heterocycles. The number of nitrogens with one attached hydrogen (secondary N) is 1. The van der Waals surface area contributed by atoms with Gasteiger partial charge in [0.1, 0.15) is 5.82 Å². The molecule has 1 fully saturated rings. The quantitative estimate of drug-likeness (QED) is 0.825. The molecule has 0 bridgehead atoms. The summed E-state index contributed by atoms with van der Waals surface area (Å²) in [4.78, 5) is 26.8. The Kier molecular flexibility index (Phi) is 5.04. The van der Waals surface area contributed by atoms with E-state index in [1.165, 1.54) is 0 Å². The van der Waals surface area contributed by atoms with Crippen LogP contribution in [0.1, 0.15) is 56.6 Å². The number of piperidine rings is 1. The molecule has 0 radical (unpaired) electrons. The minimum absolute atomic E-state index is 0.147. The molecule has 1 atom stereocenters. The van der Waals surface area contributed by atoms with Gasteiger partial charge in [0.25, 0.3) is 0 Å². The van der Waals surface area contributed by atoms with Crippen LogP contribution < -0.4 is 5.69 Å². The molecule has 10 heteroatoms. The number of likely N-dealkylation sites (tertiary alicyclic amines) is 1. The van der Waals surface area contributed by atoms with Crippen LogP contribution in [0.4, 0.5) is 0 Å². The molecule has 2 aliphatic rings. The Balaban J connectivity index is 1.38. The van der Waals surface area contributed by atoms with Crippen molar-refractivity contribution in [3.05, 3.63) is 22.1 Å². The Morgan fingerprint density at radius 1 is 1.19 bits per heavy atom. The van der Waals surface area contributed by atoms with E-state index in [1.807, 2.05) is 11.8 Å². The number of carbonyl (C=O) groups excluding carboxylic acids is 1. The lowest BCUT2D eigenvalue weighted by molar-refractivity contribution is -0.134. The van der Waals surface area contributed by atoms with Gasteiger partial charge in [-0.3, -0.25) is 9.36 Å². The van der Waals surface area contributed by atoms with E-state index in [1.54, 1.807) is 9.25 Å². The number of fused-ring (bicyclic) bond motifs is 1. The molecule has 4 rings (SSSR count). The van der Waals surface area contributed by atoms with Crippen LogP contribution in [0.2, 0.25) is 0 Å². The summed E-state index contributed by atoms with van der Waals surface area (Å²) in [6.45, 7) is 4.84. The lowest BCUT2D eigenvalue weighted by Crippen LogP contribution is -2.42. The fourth-order valence-corrected chi connectivity index (χ4v) is 4.26. The van der Waals surface area contributed by atoms with Crippen LogP contribution in [0.25, 0.3) is 0 Å². The zero-order valence-corrected chi connectivity index (χ0v) is 15.7. The number of hydrogen-bond donors (Lipinski definition) is 1. The molecule has 0 saturated carbocycles. The van der Waals surface area contributed by atoms with Crippen LogP contribution in [0.5, 0.6) is 0 Å². The molecule has 2 aliphatic heterocycles. The van der Waals surface area contributed by atoms with Gasteiger partial charge < -0.3 is 4.90 Å². The zero-order chi connectivity index (χ0) is 18.8. The average molecular weight is 374 g/mol. The van der Waals surface area contributed by atoms with Crippen LogP contribution in [-0.4, -0.2) is 58.9 Å². The lowest BCUT2D eigenvalue weighted by atomic mass is 9.91. The number of aromatic amines is 1. The molecule has 0 spiro atoms. The monoisotopic (exact) mass is 374 g/mol. The van der Waals surface area contributed by atoms with Gasteiger partial charge in [-0.2, -0.15) is 5.10 Å². The first-order chi connectivity index (χ1) is 13.2. The molecule has 1 N–H and O–H groups in total. The van der Waals surface area contributed by atoms with Gasteiger partial charge in [0, 0.05) is 32.6 Å². The third-order valence-electron chi connectivity index (χ3n) is 5.83. The Morgan fingerprint density at radius 3 is 2.78 bits per heavy atom. The highest BCUT2D eigenvalue weighted by atomic mass is 16.2. The van der Waals surface area contributed by atoms with Gasteiger partial charge in [-0.25, -0.2) is 14.6 Å². The van der Waals surface area contributed by atoms with Gasteiger partial charge in [0.05, 0.1) is 5.92 Å². The Bertz CT molecular complexity index is 845. The standard InChI is InChI=1S/C17H26N8O2/c1-2-24-14(18-20-17(24)27)11-12-6-9-23(10-7-12)16(26)13-5-3-4-8-25-15(13)19-21-22-25/h12-13H,2-11H2,1H3,(H,20,27)/t13-/m1/s1. The minimum Gasteiger partial charge on any atom is -0.342 e. The second-order valence-corrected chi connectivity index (χ2v) is 7.47. The summed E-state index contributed by atoms with van der Waals surface area (Å²) in [5, 5.41) is 18.6. The minimum atomic E-state index is -0.226. The number of carbonyl (C=O) groups is 1. The topological polar surface area (TPSA) is 115 Å². The van der Waals surface area contributed by atoms with Gasteiger partial charge in [-0.05, 0) is 49.0 Å². The van der Waals surface area contributed by atoms with Crippen molar-refractivity contribution in [1.29, 1.82) is 0 Å². The molecule has 0 aliphatic carbocycles. The fourth-order valence-electron chi connectivity index (χ4n) is 4.26. The Morgan fingerprint density at radius 2 is 2.00 bits per heavy atom. The molecule has 0 aromatic carbocycles. The number of H-pyrrole nitrogens is 1. The first kappa shape index (κ1) is 17.9. The van der Waals surface area contributed by atoms with Gasteiger partial charge in [-0.1, -0.05) is 6.42 Å². The van der Waals surface area contributed by atoms with Crippen LogP contribution in [-0.2, 0) is 24.3 Å². The molecular weight excluding hydrogens is 348 g/mol. The van der Waals surface area contributed by atoms with Crippen molar-refractivity contribution in [2.75, 3.05) is 13.1 Å². The summed E-state index contributed by atoms with van der Waals surface area (Å²) in [5.74, 6) is 1.89. The highest BCUT2D eigenvalue weighted by Gasteiger charge is 2.33. The predicted molar refractivity (Wildman–Crippen MR) is 95.9 cm³/mol. The molecule has 0 unspecified atom stereocenters. The molecule has 146 valence electrons. The maximum Gasteiger partial charge on any atom is 0.343 e. The first-order valence-electron chi connectivity index (χ1n) is 9.86. The maximum atomic E-state index is 13.1. The molecule has 10 nitrogen and oxygen atoms in total. The number of amides is 1. The highest BCUT2D eigenvalue weighted by Crippen LogP contribution is 2.28. The van der Waals surface area contributed by atoms with Crippen molar-refractivity contribution in [3.63, 3.8) is 0 Å². The molecule has 27 heavy (non-hydrogen) atoms. The largest absolute Gasteiger partial charge is 0.343 e. The van der Waals surface area contributed by atoms with E-state index >= 15 is 0 Å². The summed E-state index contributed by atoms with van der Waals surface area (Å²) < 4.78 is 3.47. The Labute approximate surface area is 156 Å². The van der Waals surface area contributed by atoms with Crippen molar-refractivity contribution < 1.29 is 4.79 Å². The number of aryl methyl sites for hydroxylation is 1. The van der Waals surface area contributed by atoms with E-state index in [-0.39, 0.29) is 17.5 Å². The van der Waals surface area contributed by atoms with Crippen LogP contribution >= 0.6 is 0 Å². The van der Waals surface area contributed by atoms with E-state index in [0.29, 0.717) is 18.3 Å². The number of hydrogen-bond acceptors (Lipinski definition) is 6. The van der Waals surface area contributed by atoms with Crippen LogP contribution in [0.3, 0.4) is 0 Å². The fraction of sp³-hybridized carbons (Fsp3) is 0.765. The normalized spacial score (nSPS) is 21.1. The smallest absolute Gasteiger partial charge is 0.342 e. The van der Waals surface area contributed by atoms with E-state index in [0.717, 1.165) is 64.0 Å². The maximum absolute atomic E-state index is 13.1. The number of nitrogens with zero attached hydrogens (tertiary/aromatic N) is 7. The second-order valence-electron chi connectivity index (χ2n) is 7.47. The van der Waals surface area contributed by atoms with Gasteiger partial charge in [0.2, 0.25) is 5.91 Å². The summed E-state index contributed by atoms with van der Waals surface area (Å²) in [7, 11) is 0. The van der Waals surface area contributed by atoms with Crippen LogP contribution in [0, 0.1) is 5.92 Å². The summed E-state index contributed by atoms with van der Waals surface area (Å²) in [6, 6.07) is 0. The van der Waals surface area contributed by atoms with Crippen molar-refractivity contribution >= 4 is 5.91 Å². The summed E-state index contributed by atoms with van der Waals surface area (Å²) in [5.41, 5.74) is -0.147. The number of tetrazole rings is 1. The summed E-state index contributed by atoms with van der Waals surface area (Å²) in [6.07, 6.45) is 5.45. The average Bonchev–Trinajstić information content (AvgIpc) is 3.23. The second kappa shape index (κ2) is 7.61. The van der Waals surface area contributed by atoms with Crippen molar-refractivity contribution in [1.82, 2.24) is 39.9 Å². The highest BCUT2D eigenvalue weighted by molar-refractivity contribution is 5.83.